The number of benzene rings is 1. The fraction of sp³-hybridized carbons (Fsp3) is 0.353. The summed E-state index contributed by atoms with van der Waals surface area (Å²) in [5, 5.41) is 4.24. The summed E-state index contributed by atoms with van der Waals surface area (Å²) in [5.74, 6) is 1.79. The van der Waals surface area contributed by atoms with E-state index >= 15 is 0 Å². The average Bonchev–Trinajstić information content (AvgIpc) is 2.45. The van der Waals surface area contributed by atoms with E-state index < -0.39 is 0 Å². The molecule has 0 aliphatic rings. The number of methoxy groups -OCH3 is 1. The van der Waals surface area contributed by atoms with Crippen LogP contribution in [0.1, 0.15) is 22.4 Å². The molecule has 0 atom stereocenters. The molecule has 1 N–H and O–H groups in total. The molecule has 0 radical (unpaired) electrons. The quantitative estimate of drug-likeness (QED) is 0.825. The Labute approximate surface area is 131 Å². The van der Waals surface area contributed by atoms with Gasteiger partial charge in [0.2, 0.25) is 0 Å². The lowest BCUT2D eigenvalue weighted by Gasteiger charge is -2.11. The Morgan fingerprint density at radius 2 is 2.00 bits per heavy atom. The minimum Gasteiger partial charge on any atom is -0.496 e. The van der Waals surface area contributed by atoms with Crippen LogP contribution in [0.3, 0.4) is 0 Å². The first kappa shape index (κ1) is 15.9. The summed E-state index contributed by atoms with van der Waals surface area (Å²) in [5.41, 5.74) is 4.78. The minimum absolute atomic E-state index is 0.858. The predicted molar refractivity (Wildman–Crippen MR) is 89.0 cm³/mol. The van der Waals surface area contributed by atoms with E-state index in [-0.39, 0.29) is 0 Å². The minimum atomic E-state index is 0.858. The highest BCUT2D eigenvalue weighted by atomic mass is 32.2. The Hall–Kier alpha value is -1.52. The van der Waals surface area contributed by atoms with E-state index in [1.165, 1.54) is 16.7 Å². The topological polar surface area (TPSA) is 34.1 Å². The molecule has 0 aliphatic heterocycles. The third kappa shape index (κ3) is 4.48. The fourth-order valence-corrected chi connectivity index (χ4v) is 3.30. The lowest BCUT2D eigenvalue weighted by atomic mass is 10.1. The highest BCUT2D eigenvalue weighted by Gasteiger charge is 2.07. The molecule has 0 saturated heterocycles. The average molecular weight is 302 g/mol. The zero-order chi connectivity index (χ0) is 15.2. The monoisotopic (exact) mass is 302 g/mol. The second-order valence-corrected chi connectivity index (χ2v) is 6.08. The number of nitrogens with one attached hydrogen (secondary N) is 1. The van der Waals surface area contributed by atoms with Gasteiger partial charge in [0.25, 0.3) is 0 Å². The van der Waals surface area contributed by atoms with E-state index in [1.54, 1.807) is 18.9 Å². The summed E-state index contributed by atoms with van der Waals surface area (Å²) < 4.78 is 5.46. The molecule has 2 rings (SSSR count). The molecule has 1 aromatic carbocycles. The number of pyridine rings is 1. The molecule has 112 valence electrons. The third-order valence-electron chi connectivity index (χ3n) is 3.18. The van der Waals surface area contributed by atoms with Crippen LogP contribution in [0.15, 0.2) is 35.4 Å². The highest BCUT2D eigenvalue weighted by Crippen LogP contribution is 2.28. The largest absolute Gasteiger partial charge is 0.496 e. The Kier molecular flexibility index (Phi) is 5.65. The summed E-state index contributed by atoms with van der Waals surface area (Å²) in [4.78, 5) is 4.57. The summed E-state index contributed by atoms with van der Waals surface area (Å²) >= 11 is 1.75. The normalized spacial score (nSPS) is 10.7. The van der Waals surface area contributed by atoms with Crippen LogP contribution in [-0.2, 0) is 12.3 Å². The number of rotatable bonds is 6. The zero-order valence-corrected chi connectivity index (χ0v) is 13.9. The number of aryl methyl sites for hydroxylation is 2. The standard InChI is InChI=1S/C17H22N2OS/c1-12-7-13(2)19-17(8-12)21-11-15-9-14(10-18-3)5-6-16(15)20-4/h5-9,18H,10-11H2,1-4H3. The van der Waals surface area contributed by atoms with Crippen LogP contribution in [0, 0.1) is 13.8 Å². The van der Waals surface area contributed by atoms with Crippen molar-refractivity contribution in [2.24, 2.45) is 0 Å². The van der Waals surface area contributed by atoms with Crippen molar-refractivity contribution in [3.63, 3.8) is 0 Å². The molecule has 1 heterocycles. The van der Waals surface area contributed by atoms with Gasteiger partial charge in [-0.2, -0.15) is 0 Å². The number of ether oxygens (including phenoxy) is 1. The van der Waals surface area contributed by atoms with Crippen molar-refractivity contribution in [3.8, 4) is 5.75 Å². The Morgan fingerprint density at radius 3 is 2.67 bits per heavy atom. The lowest BCUT2D eigenvalue weighted by molar-refractivity contribution is 0.411. The molecule has 3 nitrogen and oxygen atoms in total. The van der Waals surface area contributed by atoms with Crippen molar-refractivity contribution in [3.05, 3.63) is 52.7 Å². The summed E-state index contributed by atoms with van der Waals surface area (Å²) in [6, 6.07) is 10.6. The molecular weight excluding hydrogens is 280 g/mol. The van der Waals surface area contributed by atoms with Crippen molar-refractivity contribution < 1.29 is 4.74 Å². The zero-order valence-electron chi connectivity index (χ0n) is 13.1. The van der Waals surface area contributed by atoms with Crippen LogP contribution in [-0.4, -0.2) is 19.1 Å². The van der Waals surface area contributed by atoms with E-state index in [0.717, 1.165) is 28.8 Å². The first-order valence-corrected chi connectivity index (χ1v) is 7.99. The van der Waals surface area contributed by atoms with Crippen molar-refractivity contribution in [2.75, 3.05) is 14.2 Å². The van der Waals surface area contributed by atoms with Gasteiger partial charge in [-0.25, -0.2) is 4.98 Å². The molecule has 0 unspecified atom stereocenters. The van der Waals surface area contributed by atoms with Crippen LogP contribution in [0.2, 0.25) is 0 Å². The van der Waals surface area contributed by atoms with Gasteiger partial charge in [0.1, 0.15) is 5.75 Å². The van der Waals surface area contributed by atoms with Crippen LogP contribution in [0.5, 0.6) is 5.75 Å². The molecule has 2 aromatic rings. The molecule has 0 spiro atoms. The van der Waals surface area contributed by atoms with Gasteiger partial charge >= 0.3 is 0 Å². The molecule has 21 heavy (non-hydrogen) atoms. The Balaban J connectivity index is 2.15. The number of hydrogen-bond donors (Lipinski definition) is 1. The van der Waals surface area contributed by atoms with Gasteiger partial charge in [0.05, 0.1) is 12.1 Å². The van der Waals surface area contributed by atoms with Crippen LogP contribution >= 0.6 is 11.8 Å². The molecule has 0 amide bonds. The molecule has 4 heteroatoms. The maximum absolute atomic E-state index is 5.46. The van der Waals surface area contributed by atoms with Crippen molar-refractivity contribution in [1.29, 1.82) is 0 Å². The number of hydrogen-bond acceptors (Lipinski definition) is 4. The number of nitrogens with zero attached hydrogens (tertiary/aromatic N) is 1. The van der Waals surface area contributed by atoms with Gasteiger partial charge in [-0.15, -0.1) is 11.8 Å². The summed E-state index contributed by atoms with van der Waals surface area (Å²) in [7, 11) is 3.68. The summed E-state index contributed by atoms with van der Waals surface area (Å²) in [6.07, 6.45) is 0. The van der Waals surface area contributed by atoms with Crippen molar-refractivity contribution in [1.82, 2.24) is 10.3 Å². The van der Waals surface area contributed by atoms with E-state index in [9.17, 15) is 0 Å². The van der Waals surface area contributed by atoms with Gasteiger partial charge in [0, 0.05) is 23.6 Å². The van der Waals surface area contributed by atoms with E-state index in [0.29, 0.717) is 0 Å². The maximum atomic E-state index is 5.46. The smallest absolute Gasteiger partial charge is 0.122 e. The lowest BCUT2D eigenvalue weighted by Crippen LogP contribution is -2.05. The second-order valence-electron chi connectivity index (χ2n) is 5.09. The van der Waals surface area contributed by atoms with E-state index in [4.69, 9.17) is 4.74 Å². The fourth-order valence-electron chi connectivity index (χ4n) is 2.29. The second kappa shape index (κ2) is 7.48. The summed E-state index contributed by atoms with van der Waals surface area (Å²) in [6.45, 7) is 5.00. The molecule has 0 bridgehead atoms. The molecule has 0 saturated carbocycles. The molecule has 1 aromatic heterocycles. The van der Waals surface area contributed by atoms with E-state index in [1.807, 2.05) is 20.0 Å². The first-order valence-electron chi connectivity index (χ1n) is 7.01. The van der Waals surface area contributed by atoms with Crippen LogP contribution < -0.4 is 10.1 Å². The number of aromatic nitrogens is 1. The highest BCUT2D eigenvalue weighted by molar-refractivity contribution is 7.98. The number of thioether (sulfide) groups is 1. The van der Waals surface area contributed by atoms with Gasteiger partial charge < -0.3 is 10.1 Å². The Bertz CT molecular complexity index is 593. The van der Waals surface area contributed by atoms with Gasteiger partial charge in [0.15, 0.2) is 0 Å². The maximum Gasteiger partial charge on any atom is 0.122 e. The third-order valence-corrected chi connectivity index (χ3v) is 4.14. The van der Waals surface area contributed by atoms with Gasteiger partial charge in [-0.3, -0.25) is 0 Å². The SMILES string of the molecule is CNCc1ccc(OC)c(CSc2cc(C)cc(C)n2)c1. The van der Waals surface area contributed by atoms with E-state index in [2.05, 4.69) is 41.5 Å². The molecular formula is C17H22N2OS. The van der Waals surface area contributed by atoms with Crippen LogP contribution in [0.25, 0.3) is 0 Å². The predicted octanol–water partition coefficient (Wildman–Crippen LogP) is 3.72. The van der Waals surface area contributed by atoms with Crippen molar-refractivity contribution in [2.45, 2.75) is 31.2 Å². The molecule has 0 fully saturated rings. The first-order chi connectivity index (χ1) is 10.1. The van der Waals surface area contributed by atoms with Crippen LogP contribution in [0.4, 0.5) is 0 Å². The van der Waals surface area contributed by atoms with Crippen molar-refractivity contribution >= 4 is 11.8 Å². The Morgan fingerprint density at radius 1 is 1.19 bits per heavy atom. The van der Waals surface area contributed by atoms with Gasteiger partial charge in [-0.05, 0) is 56.3 Å². The van der Waals surface area contributed by atoms with Gasteiger partial charge in [-0.1, -0.05) is 6.07 Å². The molecule has 0 aliphatic carbocycles.